The average molecular weight is 460 g/mol. The molecular weight excluding hydrogens is 429 g/mol. The summed E-state index contributed by atoms with van der Waals surface area (Å²) < 4.78 is 7.22. The van der Waals surface area contributed by atoms with Gasteiger partial charge in [-0.05, 0) is 32.9 Å². The number of halogens is 2. The minimum atomic E-state index is -0.385. The summed E-state index contributed by atoms with van der Waals surface area (Å²) >= 11 is 0. The van der Waals surface area contributed by atoms with Gasteiger partial charge in [0.15, 0.2) is 5.65 Å². The average Bonchev–Trinajstić information content (AvgIpc) is 3.08. The molecule has 0 bridgehead atoms. The minimum Gasteiger partial charge on any atom is -0.384 e. The maximum absolute atomic E-state index is 13.3. The van der Waals surface area contributed by atoms with Crippen molar-refractivity contribution in [2.45, 2.75) is 19.8 Å². The van der Waals surface area contributed by atoms with E-state index in [0.29, 0.717) is 19.7 Å². The highest BCUT2D eigenvalue weighted by Gasteiger charge is 2.43. The first-order valence-electron chi connectivity index (χ1n) is 9.94. The summed E-state index contributed by atoms with van der Waals surface area (Å²) in [5, 5.41) is 8.64. The Hall–Kier alpha value is -1.68. The van der Waals surface area contributed by atoms with Gasteiger partial charge in [-0.25, -0.2) is 9.97 Å². The second-order valence-electron chi connectivity index (χ2n) is 7.84. The predicted octanol–water partition coefficient (Wildman–Crippen LogP) is 1.18. The highest BCUT2D eigenvalue weighted by Crippen LogP contribution is 2.32. The molecule has 0 radical (unpaired) electrons. The summed E-state index contributed by atoms with van der Waals surface area (Å²) in [6.07, 6.45) is 3.49. The van der Waals surface area contributed by atoms with E-state index in [2.05, 4.69) is 25.3 Å². The van der Waals surface area contributed by atoms with Crippen LogP contribution in [0.25, 0.3) is 11.0 Å². The summed E-state index contributed by atoms with van der Waals surface area (Å²) in [5.74, 6) is 1.88. The molecule has 2 aliphatic heterocycles. The molecule has 2 aromatic heterocycles. The fourth-order valence-corrected chi connectivity index (χ4v) is 4.41. The van der Waals surface area contributed by atoms with Crippen molar-refractivity contribution in [3.63, 3.8) is 0 Å². The van der Waals surface area contributed by atoms with E-state index >= 15 is 0 Å². The van der Waals surface area contributed by atoms with Crippen molar-refractivity contribution in [2.24, 2.45) is 12.5 Å². The quantitative estimate of drug-likeness (QED) is 0.733. The number of carbonyl (C=O) groups excluding carboxylic acids is 1. The number of hydrogen-bond acceptors (Lipinski definition) is 7. The molecule has 9 nitrogen and oxygen atoms in total. The lowest BCUT2D eigenvalue weighted by atomic mass is 9.78. The summed E-state index contributed by atoms with van der Waals surface area (Å²) in [6, 6.07) is 0. The summed E-state index contributed by atoms with van der Waals surface area (Å²) in [5.41, 5.74) is 0.458. The van der Waals surface area contributed by atoms with Gasteiger partial charge in [0, 0.05) is 40.3 Å². The van der Waals surface area contributed by atoms with Gasteiger partial charge in [-0.2, -0.15) is 5.10 Å². The lowest BCUT2D eigenvalue weighted by molar-refractivity contribution is -0.147. The van der Waals surface area contributed by atoms with Crippen molar-refractivity contribution < 1.29 is 9.53 Å². The van der Waals surface area contributed by atoms with E-state index in [-0.39, 0.29) is 36.1 Å². The van der Waals surface area contributed by atoms with E-state index in [0.717, 1.165) is 61.7 Å². The van der Waals surface area contributed by atoms with Crippen LogP contribution >= 0.6 is 24.8 Å². The molecule has 2 aliphatic rings. The van der Waals surface area contributed by atoms with Crippen LogP contribution in [-0.4, -0.2) is 83.5 Å². The highest BCUT2D eigenvalue weighted by molar-refractivity contribution is 5.87. The molecule has 0 aliphatic carbocycles. The molecule has 0 saturated carbocycles. The minimum absolute atomic E-state index is 0. The Kier molecular flexibility index (Phi) is 8.27. The fraction of sp³-hybridized carbons (Fsp3) is 0.684. The van der Waals surface area contributed by atoms with Gasteiger partial charge >= 0.3 is 0 Å². The lowest BCUT2D eigenvalue weighted by Crippen LogP contribution is -2.56. The Morgan fingerprint density at radius 3 is 2.47 bits per heavy atom. The predicted molar refractivity (Wildman–Crippen MR) is 121 cm³/mol. The summed E-state index contributed by atoms with van der Waals surface area (Å²) in [4.78, 5) is 26.8. The van der Waals surface area contributed by atoms with Crippen LogP contribution in [0.5, 0.6) is 0 Å². The number of aromatic nitrogens is 4. The Morgan fingerprint density at radius 1 is 1.17 bits per heavy atom. The number of piperazine rings is 1. The molecule has 2 aromatic rings. The third-order valence-corrected chi connectivity index (χ3v) is 5.99. The number of nitrogens with one attached hydrogen (secondary N) is 1. The van der Waals surface area contributed by atoms with E-state index in [9.17, 15) is 4.79 Å². The lowest BCUT2D eigenvalue weighted by Gasteiger charge is -2.43. The first kappa shape index (κ1) is 24.6. The molecule has 4 rings (SSSR count). The number of amides is 1. The number of ether oxygens (including phenoxy) is 1. The SMILES string of the molecule is COCC1(C(=O)N2CCN(c3nc(C)nc4c3cnn4C)CC2)CCNCC1.Cl.Cl. The smallest absolute Gasteiger partial charge is 0.231 e. The number of rotatable bonds is 4. The van der Waals surface area contributed by atoms with E-state index in [1.54, 1.807) is 11.8 Å². The summed E-state index contributed by atoms with van der Waals surface area (Å²) in [6.45, 7) is 7.05. The number of piperidine rings is 1. The standard InChI is InChI=1S/C19H29N7O2.2ClH/c1-14-22-16-15(12-21-24(16)2)17(23-14)25-8-10-26(11-9-25)18(27)19(13-28-3)4-6-20-7-5-19;;/h12,20H,4-11,13H2,1-3H3;2*1H. The zero-order valence-corrected chi connectivity index (χ0v) is 19.4. The maximum atomic E-state index is 13.3. The van der Waals surface area contributed by atoms with Crippen LogP contribution in [0.3, 0.4) is 0 Å². The second-order valence-corrected chi connectivity index (χ2v) is 7.84. The molecular formula is C19H31Cl2N7O2. The van der Waals surface area contributed by atoms with E-state index in [1.807, 2.05) is 25.1 Å². The molecule has 4 heterocycles. The van der Waals surface area contributed by atoms with Crippen molar-refractivity contribution >= 4 is 47.6 Å². The molecule has 168 valence electrons. The third-order valence-electron chi connectivity index (χ3n) is 5.99. The van der Waals surface area contributed by atoms with Crippen molar-refractivity contribution in [1.82, 2.24) is 30.0 Å². The van der Waals surface area contributed by atoms with Gasteiger partial charge in [-0.1, -0.05) is 0 Å². The van der Waals surface area contributed by atoms with E-state index in [1.165, 1.54) is 0 Å². The van der Waals surface area contributed by atoms with Gasteiger partial charge in [0.1, 0.15) is 11.6 Å². The van der Waals surface area contributed by atoms with Gasteiger partial charge in [0.2, 0.25) is 5.91 Å². The van der Waals surface area contributed by atoms with Crippen LogP contribution in [-0.2, 0) is 16.6 Å². The second kappa shape index (κ2) is 10.1. The van der Waals surface area contributed by atoms with Crippen LogP contribution in [0.2, 0.25) is 0 Å². The van der Waals surface area contributed by atoms with E-state index in [4.69, 9.17) is 4.74 Å². The molecule has 1 N–H and O–H groups in total. The fourth-order valence-electron chi connectivity index (χ4n) is 4.41. The zero-order valence-electron chi connectivity index (χ0n) is 17.8. The van der Waals surface area contributed by atoms with Crippen molar-refractivity contribution in [2.75, 3.05) is 57.9 Å². The van der Waals surface area contributed by atoms with Crippen LogP contribution in [0, 0.1) is 12.3 Å². The van der Waals surface area contributed by atoms with Gasteiger partial charge in [0.05, 0.1) is 23.6 Å². The monoisotopic (exact) mass is 459 g/mol. The van der Waals surface area contributed by atoms with Crippen molar-refractivity contribution in [1.29, 1.82) is 0 Å². The number of fused-ring (bicyclic) bond motifs is 1. The van der Waals surface area contributed by atoms with Crippen molar-refractivity contribution in [3.8, 4) is 0 Å². The molecule has 0 atom stereocenters. The Bertz CT molecular complexity index is 856. The Balaban J connectivity index is 0.00000160. The number of aryl methyl sites for hydroxylation is 2. The zero-order chi connectivity index (χ0) is 19.7. The molecule has 0 aromatic carbocycles. The van der Waals surface area contributed by atoms with Gasteiger partial charge in [-0.3, -0.25) is 9.48 Å². The van der Waals surface area contributed by atoms with Gasteiger partial charge in [0.25, 0.3) is 0 Å². The van der Waals surface area contributed by atoms with Crippen LogP contribution in [0.4, 0.5) is 5.82 Å². The van der Waals surface area contributed by atoms with Crippen LogP contribution < -0.4 is 10.2 Å². The normalized spacial score (nSPS) is 18.6. The molecule has 30 heavy (non-hydrogen) atoms. The number of hydrogen-bond donors (Lipinski definition) is 1. The third kappa shape index (κ3) is 4.49. The topological polar surface area (TPSA) is 88.4 Å². The largest absolute Gasteiger partial charge is 0.384 e. The molecule has 2 saturated heterocycles. The van der Waals surface area contributed by atoms with Gasteiger partial charge in [-0.15, -0.1) is 24.8 Å². The Morgan fingerprint density at radius 2 is 1.83 bits per heavy atom. The number of nitrogens with zero attached hydrogens (tertiary/aromatic N) is 6. The number of carbonyl (C=O) groups is 1. The molecule has 2 fully saturated rings. The van der Waals surface area contributed by atoms with Crippen LogP contribution in [0.15, 0.2) is 6.20 Å². The summed E-state index contributed by atoms with van der Waals surface area (Å²) in [7, 11) is 3.58. The van der Waals surface area contributed by atoms with Crippen LogP contribution in [0.1, 0.15) is 18.7 Å². The highest BCUT2D eigenvalue weighted by atomic mass is 35.5. The van der Waals surface area contributed by atoms with Gasteiger partial charge < -0.3 is 19.9 Å². The molecule has 11 heteroatoms. The first-order valence-corrected chi connectivity index (χ1v) is 9.94. The molecule has 0 spiro atoms. The van der Waals surface area contributed by atoms with E-state index < -0.39 is 0 Å². The Labute approximate surface area is 189 Å². The molecule has 1 amide bonds. The maximum Gasteiger partial charge on any atom is 0.231 e. The first-order chi connectivity index (χ1) is 13.5. The van der Waals surface area contributed by atoms with Crippen molar-refractivity contribution in [3.05, 3.63) is 12.0 Å². The number of methoxy groups -OCH3 is 1. The molecule has 0 unspecified atom stereocenters. The number of anilines is 1.